The highest BCUT2D eigenvalue weighted by Gasteiger charge is 2.36. The van der Waals surface area contributed by atoms with E-state index in [4.69, 9.17) is 9.84 Å². The van der Waals surface area contributed by atoms with Crippen molar-refractivity contribution in [3.8, 4) is 0 Å². The van der Waals surface area contributed by atoms with Gasteiger partial charge in [-0.05, 0) is 50.0 Å². The molecule has 0 aliphatic heterocycles. The van der Waals surface area contributed by atoms with E-state index in [2.05, 4.69) is 0 Å². The Morgan fingerprint density at radius 2 is 1.71 bits per heavy atom. The van der Waals surface area contributed by atoms with Crippen molar-refractivity contribution in [2.24, 2.45) is 11.8 Å². The number of carboxylic acid groups (broad SMARTS) is 1. The summed E-state index contributed by atoms with van der Waals surface area (Å²) in [4.78, 5) is 25.4. The van der Waals surface area contributed by atoms with Gasteiger partial charge in [0, 0.05) is 12.6 Å². The van der Waals surface area contributed by atoms with Gasteiger partial charge in [-0.25, -0.2) is 4.79 Å². The Balaban J connectivity index is 1.49. The maximum absolute atomic E-state index is 12.5. The standard InChI is InChI=1S/C19H25NO4/c21-18(22)16-8-6-14(7-9-16)12-20(17-10-11-17)19(23)24-13-15-4-2-1-3-5-15/h1-5,14,16-17H,6-13H2,(H,21,22). The number of hydrogen-bond acceptors (Lipinski definition) is 3. The van der Waals surface area contributed by atoms with Crippen LogP contribution >= 0.6 is 0 Å². The van der Waals surface area contributed by atoms with E-state index >= 15 is 0 Å². The lowest BCUT2D eigenvalue weighted by molar-refractivity contribution is -0.143. The molecular formula is C19H25NO4. The fourth-order valence-corrected chi connectivity index (χ4v) is 3.43. The maximum Gasteiger partial charge on any atom is 0.410 e. The minimum Gasteiger partial charge on any atom is -0.481 e. The topological polar surface area (TPSA) is 66.8 Å². The molecular weight excluding hydrogens is 306 g/mol. The number of benzene rings is 1. The molecule has 0 radical (unpaired) electrons. The monoisotopic (exact) mass is 331 g/mol. The third kappa shape index (κ3) is 4.49. The highest BCUT2D eigenvalue weighted by atomic mass is 16.6. The van der Waals surface area contributed by atoms with Crippen molar-refractivity contribution in [1.29, 1.82) is 0 Å². The smallest absolute Gasteiger partial charge is 0.410 e. The number of aliphatic carboxylic acids is 1. The average Bonchev–Trinajstić information content (AvgIpc) is 3.44. The SMILES string of the molecule is O=C(O)C1CCC(CN(C(=O)OCc2ccccc2)C2CC2)CC1. The summed E-state index contributed by atoms with van der Waals surface area (Å²) in [6, 6.07) is 10.0. The Bertz CT molecular complexity index is 562. The van der Waals surface area contributed by atoms with Gasteiger partial charge in [0.15, 0.2) is 0 Å². The fourth-order valence-electron chi connectivity index (χ4n) is 3.43. The van der Waals surface area contributed by atoms with Crippen LogP contribution in [0.25, 0.3) is 0 Å². The molecule has 0 aromatic heterocycles. The fraction of sp³-hybridized carbons (Fsp3) is 0.579. The third-order valence-electron chi connectivity index (χ3n) is 5.08. The number of carbonyl (C=O) groups is 2. The van der Waals surface area contributed by atoms with Gasteiger partial charge in [0.25, 0.3) is 0 Å². The maximum atomic E-state index is 12.5. The molecule has 1 aromatic carbocycles. The van der Waals surface area contributed by atoms with Gasteiger partial charge in [-0.15, -0.1) is 0 Å². The lowest BCUT2D eigenvalue weighted by atomic mass is 9.82. The molecule has 2 saturated carbocycles. The summed E-state index contributed by atoms with van der Waals surface area (Å²) < 4.78 is 5.49. The molecule has 3 rings (SSSR count). The van der Waals surface area contributed by atoms with E-state index in [1.807, 2.05) is 35.2 Å². The van der Waals surface area contributed by atoms with Gasteiger partial charge in [-0.2, -0.15) is 0 Å². The van der Waals surface area contributed by atoms with E-state index in [0.717, 1.165) is 44.1 Å². The lowest BCUT2D eigenvalue weighted by Crippen LogP contribution is -2.39. The van der Waals surface area contributed by atoms with Crippen molar-refractivity contribution >= 4 is 12.1 Å². The van der Waals surface area contributed by atoms with E-state index in [1.54, 1.807) is 0 Å². The number of rotatable bonds is 6. The van der Waals surface area contributed by atoms with Crippen LogP contribution in [0.1, 0.15) is 44.1 Å². The van der Waals surface area contributed by atoms with Crippen molar-refractivity contribution in [3.05, 3.63) is 35.9 Å². The van der Waals surface area contributed by atoms with Crippen molar-refractivity contribution in [2.75, 3.05) is 6.54 Å². The summed E-state index contributed by atoms with van der Waals surface area (Å²) in [5, 5.41) is 9.09. The third-order valence-corrected chi connectivity index (χ3v) is 5.08. The number of carbonyl (C=O) groups excluding carboxylic acids is 1. The van der Waals surface area contributed by atoms with Gasteiger partial charge >= 0.3 is 12.1 Å². The minimum absolute atomic E-state index is 0.208. The van der Waals surface area contributed by atoms with Crippen molar-refractivity contribution in [1.82, 2.24) is 4.90 Å². The van der Waals surface area contributed by atoms with E-state index in [-0.39, 0.29) is 12.0 Å². The predicted octanol–water partition coefficient (Wildman–Crippen LogP) is 3.68. The molecule has 1 amide bonds. The van der Waals surface area contributed by atoms with Gasteiger partial charge in [0.05, 0.1) is 5.92 Å². The van der Waals surface area contributed by atoms with Crippen LogP contribution in [0.2, 0.25) is 0 Å². The number of amides is 1. The molecule has 24 heavy (non-hydrogen) atoms. The van der Waals surface area contributed by atoms with E-state index in [0.29, 0.717) is 25.1 Å². The Morgan fingerprint density at radius 3 is 2.29 bits per heavy atom. The molecule has 5 heteroatoms. The number of hydrogen-bond donors (Lipinski definition) is 1. The zero-order chi connectivity index (χ0) is 16.9. The van der Waals surface area contributed by atoms with Gasteiger partial charge in [-0.3, -0.25) is 4.79 Å². The molecule has 0 unspecified atom stereocenters. The Morgan fingerprint density at radius 1 is 1.04 bits per heavy atom. The molecule has 0 bridgehead atoms. The second-order valence-corrected chi connectivity index (χ2v) is 6.98. The first-order valence-corrected chi connectivity index (χ1v) is 8.83. The van der Waals surface area contributed by atoms with Crippen LogP contribution < -0.4 is 0 Å². The van der Waals surface area contributed by atoms with Crippen LogP contribution in [-0.2, 0) is 16.1 Å². The summed E-state index contributed by atoms with van der Waals surface area (Å²) in [5.74, 6) is -0.499. The summed E-state index contributed by atoms with van der Waals surface area (Å²) in [7, 11) is 0. The highest BCUT2D eigenvalue weighted by molar-refractivity contribution is 5.70. The zero-order valence-corrected chi connectivity index (χ0v) is 13.9. The molecule has 0 saturated heterocycles. The molecule has 5 nitrogen and oxygen atoms in total. The van der Waals surface area contributed by atoms with Gasteiger partial charge in [0.1, 0.15) is 6.61 Å². The molecule has 1 aromatic rings. The quantitative estimate of drug-likeness (QED) is 0.863. The van der Waals surface area contributed by atoms with Crippen LogP contribution in [0.4, 0.5) is 4.79 Å². The first-order valence-electron chi connectivity index (χ1n) is 8.83. The second kappa shape index (κ2) is 7.69. The van der Waals surface area contributed by atoms with Crippen LogP contribution in [-0.4, -0.2) is 34.7 Å². The summed E-state index contributed by atoms with van der Waals surface area (Å²) in [5.41, 5.74) is 0.989. The normalized spacial score (nSPS) is 23.5. The van der Waals surface area contributed by atoms with Gasteiger partial charge in [0.2, 0.25) is 0 Å². The molecule has 0 spiro atoms. The Kier molecular flexibility index (Phi) is 5.38. The van der Waals surface area contributed by atoms with E-state index in [1.165, 1.54) is 0 Å². The summed E-state index contributed by atoms with van der Waals surface area (Å²) >= 11 is 0. The molecule has 1 N–H and O–H groups in total. The Hall–Kier alpha value is -2.04. The van der Waals surface area contributed by atoms with E-state index < -0.39 is 5.97 Å². The lowest BCUT2D eigenvalue weighted by Gasteiger charge is -2.31. The van der Waals surface area contributed by atoms with Crippen LogP contribution in [0.3, 0.4) is 0 Å². The first kappa shape index (κ1) is 16.8. The number of nitrogens with zero attached hydrogens (tertiary/aromatic N) is 1. The van der Waals surface area contributed by atoms with Crippen molar-refractivity contribution < 1.29 is 19.4 Å². The van der Waals surface area contributed by atoms with Crippen molar-refractivity contribution in [3.63, 3.8) is 0 Å². The average molecular weight is 331 g/mol. The molecule has 0 heterocycles. The van der Waals surface area contributed by atoms with Crippen LogP contribution in [0.15, 0.2) is 30.3 Å². The zero-order valence-electron chi connectivity index (χ0n) is 13.9. The van der Waals surface area contributed by atoms with E-state index in [9.17, 15) is 9.59 Å². The molecule has 130 valence electrons. The predicted molar refractivity (Wildman–Crippen MR) is 89.4 cm³/mol. The largest absolute Gasteiger partial charge is 0.481 e. The number of carboxylic acids is 1. The minimum atomic E-state index is -0.685. The summed E-state index contributed by atoms with van der Waals surface area (Å²) in [6.45, 7) is 0.999. The first-order chi connectivity index (χ1) is 11.6. The number of ether oxygens (including phenoxy) is 1. The van der Waals surface area contributed by atoms with Gasteiger partial charge < -0.3 is 14.7 Å². The Labute approximate surface area is 142 Å². The molecule has 0 atom stereocenters. The molecule has 2 aliphatic rings. The molecule has 2 aliphatic carbocycles. The second-order valence-electron chi connectivity index (χ2n) is 6.98. The molecule has 2 fully saturated rings. The highest BCUT2D eigenvalue weighted by Crippen LogP contribution is 2.33. The van der Waals surface area contributed by atoms with Crippen LogP contribution in [0, 0.1) is 11.8 Å². The summed E-state index contributed by atoms with van der Waals surface area (Å²) in [6.07, 6.45) is 5.06. The van der Waals surface area contributed by atoms with Crippen LogP contribution in [0.5, 0.6) is 0 Å². The van der Waals surface area contributed by atoms with Crippen molar-refractivity contribution in [2.45, 2.75) is 51.2 Å². The van der Waals surface area contributed by atoms with Gasteiger partial charge in [-0.1, -0.05) is 30.3 Å².